The number of aldehydes is 1. The summed E-state index contributed by atoms with van der Waals surface area (Å²) in [4.78, 5) is 11.0. The van der Waals surface area contributed by atoms with Gasteiger partial charge in [-0.25, -0.2) is 4.68 Å². The van der Waals surface area contributed by atoms with E-state index in [1.165, 1.54) is 6.42 Å². The van der Waals surface area contributed by atoms with Crippen molar-refractivity contribution in [3.8, 4) is 0 Å². The van der Waals surface area contributed by atoms with Crippen LogP contribution in [0.5, 0.6) is 0 Å². The summed E-state index contributed by atoms with van der Waals surface area (Å²) in [5.74, 6) is 0.446. The van der Waals surface area contributed by atoms with Gasteiger partial charge in [0.1, 0.15) is 5.69 Å². The zero-order chi connectivity index (χ0) is 12.3. The van der Waals surface area contributed by atoms with Crippen molar-refractivity contribution in [2.24, 2.45) is 0 Å². The van der Waals surface area contributed by atoms with Crippen LogP contribution in [-0.2, 0) is 0 Å². The molecule has 1 aliphatic carbocycles. The van der Waals surface area contributed by atoms with Gasteiger partial charge in [0, 0.05) is 12.5 Å². The normalized spacial score (nSPS) is 17.8. The van der Waals surface area contributed by atoms with Gasteiger partial charge in [0.15, 0.2) is 6.29 Å². The van der Waals surface area contributed by atoms with E-state index in [1.54, 1.807) is 0 Å². The van der Waals surface area contributed by atoms with Crippen LogP contribution in [0.4, 0.5) is 0 Å². The molecule has 1 atom stereocenters. The van der Waals surface area contributed by atoms with Crippen LogP contribution in [0.25, 0.3) is 0 Å². The minimum absolute atomic E-state index is 0.193. The molecule has 1 saturated carbocycles. The van der Waals surface area contributed by atoms with E-state index < -0.39 is 0 Å². The SMILES string of the molecule is CC(CCCO)n1nnc(C=O)c1C1CCC1. The number of aliphatic hydroxyl groups excluding tert-OH is 1. The van der Waals surface area contributed by atoms with Crippen LogP contribution in [0, 0.1) is 0 Å². The van der Waals surface area contributed by atoms with Crippen molar-refractivity contribution in [2.75, 3.05) is 6.61 Å². The van der Waals surface area contributed by atoms with E-state index in [9.17, 15) is 4.79 Å². The van der Waals surface area contributed by atoms with E-state index in [-0.39, 0.29) is 12.6 Å². The maximum atomic E-state index is 11.0. The lowest BCUT2D eigenvalue weighted by Crippen LogP contribution is -2.19. The number of rotatable bonds is 6. The third-order valence-corrected chi connectivity index (χ3v) is 3.56. The Hall–Kier alpha value is -1.23. The molecule has 1 heterocycles. The Morgan fingerprint density at radius 1 is 1.59 bits per heavy atom. The van der Waals surface area contributed by atoms with Gasteiger partial charge in [0.2, 0.25) is 0 Å². The van der Waals surface area contributed by atoms with Gasteiger partial charge in [0.25, 0.3) is 0 Å². The predicted octanol–water partition coefficient (Wildman–Crippen LogP) is 1.69. The first-order valence-electron chi connectivity index (χ1n) is 6.29. The monoisotopic (exact) mass is 237 g/mol. The van der Waals surface area contributed by atoms with E-state index in [2.05, 4.69) is 17.2 Å². The molecule has 0 saturated heterocycles. The molecule has 1 N–H and O–H groups in total. The molecule has 1 aliphatic rings. The number of hydrogen-bond donors (Lipinski definition) is 1. The Morgan fingerprint density at radius 2 is 2.35 bits per heavy atom. The quantitative estimate of drug-likeness (QED) is 0.764. The van der Waals surface area contributed by atoms with E-state index in [1.807, 2.05) is 4.68 Å². The second kappa shape index (κ2) is 5.40. The van der Waals surface area contributed by atoms with E-state index in [4.69, 9.17) is 5.11 Å². The van der Waals surface area contributed by atoms with Gasteiger partial charge in [-0.3, -0.25) is 4.79 Å². The fourth-order valence-corrected chi connectivity index (χ4v) is 2.31. The summed E-state index contributed by atoms with van der Waals surface area (Å²) in [6.45, 7) is 2.25. The average Bonchev–Trinajstić information content (AvgIpc) is 2.67. The zero-order valence-corrected chi connectivity index (χ0v) is 10.2. The van der Waals surface area contributed by atoms with Crippen molar-refractivity contribution in [1.82, 2.24) is 15.0 Å². The first-order valence-corrected chi connectivity index (χ1v) is 6.29. The second-order valence-corrected chi connectivity index (χ2v) is 4.77. The Morgan fingerprint density at radius 3 is 2.88 bits per heavy atom. The third-order valence-electron chi connectivity index (χ3n) is 3.56. The van der Waals surface area contributed by atoms with Crippen LogP contribution in [-0.4, -0.2) is 33.0 Å². The van der Waals surface area contributed by atoms with Crippen LogP contribution in [0.2, 0.25) is 0 Å². The maximum absolute atomic E-state index is 11.0. The van der Waals surface area contributed by atoms with Gasteiger partial charge in [-0.1, -0.05) is 11.6 Å². The van der Waals surface area contributed by atoms with Crippen molar-refractivity contribution >= 4 is 6.29 Å². The second-order valence-electron chi connectivity index (χ2n) is 4.77. The van der Waals surface area contributed by atoms with Gasteiger partial charge in [-0.15, -0.1) is 5.10 Å². The van der Waals surface area contributed by atoms with Crippen molar-refractivity contribution in [3.05, 3.63) is 11.4 Å². The summed E-state index contributed by atoms with van der Waals surface area (Å²) < 4.78 is 1.88. The summed E-state index contributed by atoms with van der Waals surface area (Å²) in [6, 6.07) is 0.193. The Balaban J connectivity index is 2.20. The van der Waals surface area contributed by atoms with Gasteiger partial charge in [-0.05, 0) is 32.6 Å². The predicted molar refractivity (Wildman–Crippen MR) is 63.0 cm³/mol. The number of carbonyl (C=O) groups excluding carboxylic acids is 1. The first-order chi connectivity index (χ1) is 8.27. The highest BCUT2D eigenvalue weighted by atomic mass is 16.2. The Labute approximate surface area is 101 Å². The maximum Gasteiger partial charge on any atom is 0.172 e. The average molecular weight is 237 g/mol. The molecule has 5 nitrogen and oxygen atoms in total. The van der Waals surface area contributed by atoms with Gasteiger partial charge < -0.3 is 5.11 Å². The van der Waals surface area contributed by atoms with Crippen LogP contribution in [0.1, 0.15) is 67.2 Å². The number of aromatic nitrogens is 3. The lowest BCUT2D eigenvalue weighted by atomic mass is 9.82. The highest BCUT2D eigenvalue weighted by Crippen LogP contribution is 2.38. The highest BCUT2D eigenvalue weighted by molar-refractivity contribution is 5.73. The molecule has 0 aliphatic heterocycles. The smallest absolute Gasteiger partial charge is 0.172 e. The van der Waals surface area contributed by atoms with Crippen molar-refractivity contribution in [3.63, 3.8) is 0 Å². The number of nitrogens with zero attached hydrogens (tertiary/aromatic N) is 3. The molecular weight excluding hydrogens is 218 g/mol. The van der Waals surface area contributed by atoms with Crippen LogP contribution >= 0.6 is 0 Å². The standard InChI is InChI=1S/C12H19N3O2/c1-9(4-3-7-16)15-12(10-5-2-6-10)11(8-17)13-14-15/h8-10,16H,2-7H2,1H3. The van der Waals surface area contributed by atoms with Crippen LogP contribution in [0.3, 0.4) is 0 Å². The first kappa shape index (κ1) is 12.2. The van der Waals surface area contributed by atoms with Crippen molar-refractivity contribution < 1.29 is 9.90 Å². The summed E-state index contributed by atoms with van der Waals surface area (Å²) in [5.41, 5.74) is 1.49. The lowest BCUT2D eigenvalue weighted by molar-refractivity contribution is 0.111. The molecule has 17 heavy (non-hydrogen) atoms. The summed E-state index contributed by atoms with van der Waals surface area (Å²) >= 11 is 0. The largest absolute Gasteiger partial charge is 0.396 e. The molecule has 5 heteroatoms. The molecule has 0 spiro atoms. The Kier molecular flexibility index (Phi) is 3.89. The van der Waals surface area contributed by atoms with E-state index in [0.717, 1.165) is 37.7 Å². The summed E-state index contributed by atoms with van der Waals surface area (Å²) in [7, 11) is 0. The molecule has 2 rings (SSSR count). The van der Waals surface area contributed by atoms with Gasteiger partial charge in [0.05, 0.1) is 11.7 Å². The highest BCUT2D eigenvalue weighted by Gasteiger charge is 2.28. The molecule has 0 amide bonds. The minimum atomic E-state index is 0.193. The molecule has 1 fully saturated rings. The number of aliphatic hydroxyl groups is 1. The molecule has 1 unspecified atom stereocenters. The van der Waals surface area contributed by atoms with Crippen molar-refractivity contribution in [1.29, 1.82) is 0 Å². The third kappa shape index (κ3) is 2.39. The van der Waals surface area contributed by atoms with E-state index >= 15 is 0 Å². The molecular formula is C12H19N3O2. The molecule has 94 valence electrons. The molecule has 0 bridgehead atoms. The van der Waals surface area contributed by atoms with Crippen LogP contribution in [0.15, 0.2) is 0 Å². The Bertz CT molecular complexity index is 385. The summed E-state index contributed by atoms with van der Waals surface area (Å²) in [6.07, 6.45) is 5.89. The molecule has 0 radical (unpaired) electrons. The summed E-state index contributed by atoms with van der Waals surface area (Å²) in [5, 5.41) is 16.9. The van der Waals surface area contributed by atoms with E-state index in [0.29, 0.717) is 11.6 Å². The number of hydrogen-bond acceptors (Lipinski definition) is 4. The minimum Gasteiger partial charge on any atom is -0.396 e. The fraction of sp³-hybridized carbons (Fsp3) is 0.750. The van der Waals surface area contributed by atoms with Gasteiger partial charge >= 0.3 is 0 Å². The zero-order valence-electron chi connectivity index (χ0n) is 10.2. The molecule has 1 aromatic rings. The van der Waals surface area contributed by atoms with Gasteiger partial charge in [-0.2, -0.15) is 0 Å². The number of carbonyl (C=O) groups is 1. The lowest BCUT2D eigenvalue weighted by Gasteiger charge is -2.27. The molecule has 1 aromatic heterocycles. The van der Waals surface area contributed by atoms with Crippen molar-refractivity contribution in [2.45, 2.75) is 51.0 Å². The van der Waals surface area contributed by atoms with Crippen LogP contribution < -0.4 is 0 Å². The fourth-order valence-electron chi connectivity index (χ4n) is 2.31. The topological polar surface area (TPSA) is 68.0 Å². The molecule has 0 aromatic carbocycles.